The normalized spacial score (nSPS) is 19.8. The van der Waals surface area contributed by atoms with Crippen LogP contribution in [0.1, 0.15) is 31.4 Å². The highest BCUT2D eigenvalue weighted by atomic mass is 16.5. The van der Waals surface area contributed by atoms with Crippen molar-refractivity contribution in [2.24, 2.45) is 5.92 Å². The molecule has 0 radical (unpaired) electrons. The fourth-order valence-corrected chi connectivity index (χ4v) is 3.68. The average molecular weight is 380 g/mol. The van der Waals surface area contributed by atoms with Gasteiger partial charge in [0.1, 0.15) is 0 Å². The van der Waals surface area contributed by atoms with E-state index in [1.807, 2.05) is 37.3 Å². The van der Waals surface area contributed by atoms with Gasteiger partial charge in [0.2, 0.25) is 11.8 Å². The minimum Gasteiger partial charge on any atom is -0.490 e. The van der Waals surface area contributed by atoms with E-state index >= 15 is 0 Å². The van der Waals surface area contributed by atoms with Crippen LogP contribution in [0.4, 0.5) is 5.69 Å². The van der Waals surface area contributed by atoms with Gasteiger partial charge in [0.05, 0.1) is 25.2 Å². The second-order valence-electron chi connectivity index (χ2n) is 7.24. The molecule has 1 fully saturated rings. The fraction of sp³-hybridized carbons (Fsp3) is 0.364. The summed E-state index contributed by atoms with van der Waals surface area (Å²) in [5, 5.41) is 2.92. The largest absolute Gasteiger partial charge is 0.490 e. The molecule has 0 unspecified atom stereocenters. The summed E-state index contributed by atoms with van der Waals surface area (Å²) < 4.78 is 11.3. The second kappa shape index (κ2) is 7.92. The molecule has 2 atom stereocenters. The number of carbonyl (C=O) groups excluding carboxylic acids is 2. The minimum atomic E-state index is -0.366. The van der Waals surface area contributed by atoms with Crippen molar-refractivity contribution in [3.63, 3.8) is 0 Å². The molecular weight excluding hydrogens is 356 g/mol. The summed E-state index contributed by atoms with van der Waals surface area (Å²) in [5.41, 5.74) is 1.72. The first kappa shape index (κ1) is 18.3. The molecular formula is C22H24N2O4. The van der Waals surface area contributed by atoms with Crippen LogP contribution in [0.3, 0.4) is 0 Å². The lowest BCUT2D eigenvalue weighted by atomic mass is 10.1. The predicted molar refractivity (Wildman–Crippen MR) is 105 cm³/mol. The summed E-state index contributed by atoms with van der Waals surface area (Å²) in [6.07, 6.45) is 1.06. The molecule has 2 aromatic rings. The van der Waals surface area contributed by atoms with E-state index in [0.29, 0.717) is 36.9 Å². The van der Waals surface area contributed by atoms with E-state index in [1.54, 1.807) is 23.1 Å². The summed E-state index contributed by atoms with van der Waals surface area (Å²) in [6, 6.07) is 15.2. The van der Waals surface area contributed by atoms with Gasteiger partial charge < -0.3 is 19.7 Å². The SMILES string of the molecule is C[C@@H](c1ccccc1)N1C[C@H](C(=O)Nc2ccc3c(c2)OCCCO3)CC1=O. The highest BCUT2D eigenvalue weighted by Crippen LogP contribution is 2.33. The summed E-state index contributed by atoms with van der Waals surface area (Å²) in [6.45, 7) is 3.63. The number of nitrogens with zero attached hydrogens (tertiary/aromatic N) is 1. The Morgan fingerprint density at radius 3 is 2.64 bits per heavy atom. The van der Waals surface area contributed by atoms with Crippen molar-refractivity contribution in [3.8, 4) is 11.5 Å². The molecule has 146 valence electrons. The van der Waals surface area contributed by atoms with E-state index in [2.05, 4.69) is 5.32 Å². The fourth-order valence-electron chi connectivity index (χ4n) is 3.68. The number of amides is 2. The van der Waals surface area contributed by atoms with E-state index in [-0.39, 0.29) is 30.2 Å². The first-order chi connectivity index (χ1) is 13.6. The smallest absolute Gasteiger partial charge is 0.229 e. The topological polar surface area (TPSA) is 67.9 Å². The van der Waals surface area contributed by atoms with Crippen LogP contribution in [0.5, 0.6) is 11.5 Å². The molecule has 0 bridgehead atoms. The van der Waals surface area contributed by atoms with Crippen LogP contribution in [0.25, 0.3) is 0 Å². The molecule has 4 rings (SSSR count). The maximum atomic E-state index is 12.7. The standard InChI is InChI=1S/C22H24N2O4/c1-15(16-6-3-2-4-7-16)24-14-17(12-21(24)25)22(26)23-18-8-9-19-20(13-18)28-11-5-10-27-19/h2-4,6-9,13,15,17H,5,10-12,14H2,1H3,(H,23,26)/t15-,17+/m0/s1. The molecule has 6 nitrogen and oxygen atoms in total. The molecule has 1 saturated heterocycles. The van der Waals surface area contributed by atoms with Crippen molar-refractivity contribution in [3.05, 3.63) is 54.1 Å². The van der Waals surface area contributed by atoms with Gasteiger partial charge in [-0.25, -0.2) is 0 Å². The summed E-state index contributed by atoms with van der Waals surface area (Å²) >= 11 is 0. The van der Waals surface area contributed by atoms with E-state index in [4.69, 9.17) is 9.47 Å². The molecule has 0 aromatic heterocycles. The molecule has 0 spiro atoms. The van der Waals surface area contributed by atoms with E-state index in [9.17, 15) is 9.59 Å². The Balaban J connectivity index is 1.42. The lowest BCUT2D eigenvalue weighted by molar-refractivity contribution is -0.129. The molecule has 2 heterocycles. The van der Waals surface area contributed by atoms with E-state index in [1.165, 1.54) is 0 Å². The lowest BCUT2D eigenvalue weighted by Crippen LogP contribution is -2.30. The second-order valence-corrected chi connectivity index (χ2v) is 7.24. The first-order valence-corrected chi connectivity index (χ1v) is 9.67. The van der Waals surface area contributed by atoms with Gasteiger partial charge in [-0.1, -0.05) is 30.3 Å². The summed E-state index contributed by atoms with van der Waals surface area (Å²) in [5.74, 6) is 0.821. The quantitative estimate of drug-likeness (QED) is 0.883. The molecule has 1 N–H and O–H groups in total. The van der Waals surface area contributed by atoms with Gasteiger partial charge in [-0.15, -0.1) is 0 Å². The van der Waals surface area contributed by atoms with Crippen LogP contribution in [-0.2, 0) is 9.59 Å². The first-order valence-electron chi connectivity index (χ1n) is 9.67. The van der Waals surface area contributed by atoms with Crippen LogP contribution in [0.2, 0.25) is 0 Å². The number of fused-ring (bicyclic) bond motifs is 1. The van der Waals surface area contributed by atoms with Crippen molar-refractivity contribution in [1.29, 1.82) is 0 Å². The number of benzene rings is 2. The van der Waals surface area contributed by atoms with Crippen molar-refractivity contribution in [2.45, 2.75) is 25.8 Å². The van der Waals surface area contributed by atoms with Gasteiger partial charge in [0.15, 0.2) is 11.5 Å². The number of anilines is 1. The van der Waals surface area contributed by atoms with Crippen molar-refractivity contribution >= 4 is 17.5 Å². The van der Waals surface area contributed by atoms with Gasteiger partial charge in [-0.3, -0.25) is 9.59 Å². The molecule has 6 heteroatoms. The van der Waals surface area contributed by atoms with Gasteiger partial charge in [-0.05, 0) is 24.6 Å². The molecule has 2 aliphatic rings. The van der Waals surface area contributed by atoms with Crippen molar-refractivity contribution in [1.82, 2.24) is 4.90 Å². The Morgan fingerprint density at radius 1 is 1.11 bits per heavy atom. The number of ether oxygens (including phenoxy) is 2. The highest BCUT2D eigenvalue weighted by Gasteiger charge is 2.37. The average Bonchev–Trinajstić information content (AvgIpc) is 2.95. The van der Waals surface area contributed by atoms with Crippen LogP contribution >= 0.6 is 0 Å². The number of likely N-dealkylation sites (tertiary alicyclic amines) is 1. The van der Waals surface area contributed by atoms with Crippen LogP contribution < -0.4 is 14.8 Å². The Hall–Kier alpha value is -3.02. The van der Waals surface area contributed by atoms with Crippen LogP contribution in [0.15, 0.2) is 48.5 Å². The number of hydrogen-bond donors (Lipinski definition) is 1. The Morgan fingerprint density at radius 2 is 1.86 bits per heavy atom. The van der Waals surface area contributed by atoms with Gasteiger partial charge in [0, 0.05) is 31.1 Å². The van der Waals surface area contributed by atoms with E-state index < -0.39 is 0 Å². The maximum absolute atomic E-state index is 12.7. The zero-order chi connectivity index (χ0) is 19.5. The zero-order valence-corrected chi connectivity index (χ0v) is 15.9. The number of carbonyl (C=O) groups is 2. The molecule has 0 aliphatic carbocycles. The zero-order valence-electron chi connectivity index (χ0n) is 15.9. The molecule has 2 aliphatic heterocycles. The van der Waals surface area contributed by atoms with Gasteiger partial charge in [0.25, 0.3) is 0 Å². The van der Waals surface area contributed by atoms with E-state index in [0.717, 1.165) is 12.0 Å². The molecule has 28 heavy (non-hydrogen) atoms. The molecule has 2 amide bonds. The van der Waals surface area contributed by atoms with Crippen LogP contribution in [-0.4, -0.2) is 36.5 Å². The number of hydrogen-bond acceptors (Lipinski definition) is 4. The number of rotatable bonds is 4. The molecule has 2 aromatic carbocycles. The summed E-state index contributed by atoms with van der Waals surface area (Å²) in [4.78, 5) is 27.0. The third kappa shape index (κ3) is 3.81. The van der Waals surface area contributed by atoms with Crippen molar-refractivity contribution in [2.75, 3.05) is 25.1 Å². The highest BCUT2D eigenvalue weighted by molar-refractivity contribution is 5.97. The predicted octanol–water partition coefficient (Wildman–Crippen LogP) is 3.40. The van der Waals surface area contributed by atoms with Gasteiger partial charge in [-0.2, -0.15) is 0 Å². The minimum absolute atomic E-state index is 0.00941. The maximum Gasteiger partial charge on any atom is 0.229 e. The Kier molecular flexibility index (Phi) is 5.19. The molecule has 0 saturated carbocycles. The lowest BCUT2D eigenvalue weighted by Gasteiger charge is -2.25. The van der Waals surface area contributed by atoms with Crippen molar-refractivity contribution < 1.29 is 19.1 Å². The Bertz CT molecular complexity index is 868. The monoisotopic (exact) mass is 380 g/mol. The van der Waals surface area contributed by atoms with Crippen LogP contribution in [0, 0.1) is 5.92 Å². The third-order valence-electron chi connectivity index (χ3n) is 5.29. The van der Waals surface area contributed by atoms with Gasteiger partial charge >= 0.3 is 0 Å². The Labute approximate surface area is 164 Å². The third-order valence-corrected chi connectivity index (χ3v) is 5.29. The summed E-state index contributed by atoms with van der Waals surface area (Å²) in [7, 11) is 0. The number of nitrogens with one attached hydrogen (secondary N) is 1.